The van der Waals surface area contributed by atoms with Crippen LogP contribution in [0.5, 0.6) is 0 Å². The van der Waals surface area contributed by atoms with Gasteiger partial charge < -0.3 is 9.89 Å². The maximum absolute atomic E-state index is 4.51. The molecule has 0 saturated heterocycles. The molecule has 1 rings (SSSR count). The standard InChI is InChI=1S/C11H19N2.2C2H6.Y/c1-8(2)11-12-6-10(5)7-13(11)9(3)4;2*1-2;/h6,8-9,11H,1-5H3;2*1-2H3;/q-1;;;. The molecule has 2 nitrogen and oxygen atoms in total. The third kappa shape index (κ3) is 8.42. The first-order valence-corrected chi connectivity index (χ1v) is 6.94. The minimum atomic E-state index is 0. The summed E-state index contributed by atoms with van der Waals surface area (Å²) in [5, 5.41) is 0. The van der Waals surface area contributed by atoms with Crippen molar-refractivity contribution in [2.24, 2.45) is 10.9 Å². The number of nitrogens with zero attached hydrogens (tertiary/aromatic N) is 2. The zero-order chi connectivity index (χ0) is 14.0. The van der Waals surface area contributed by atoms with Crippen molar-refractivity contribution in [3.63, 3.8) is 0 Å². The van der Waals surface area contributed by atoms with Crippen LogP contribution in [0.1, 0.15) is 62.3 Å². The Hall–Kier alpha value is 0.314. The summed E-state index contributed by atoms with van der Waals surface area (Å²) in [5.41, 5.74) is 1.12. The molecule has 3 heteroatoms. The molecular formula is C15H31N2Y-. The molecule has 0 aromatic carbocycles. The van der Waals surface area contributed by atoms with Gasteiger partial charge in [0.05, 0.1) is 6.17 Å². The van der Waals surface area contributed by atoms with E-state index >= 15 is 0 Å². The SMILES string of the molecule is CC.CC.CC1=[C-]N(C(C)C)C(C(C)C)N=C1.[Y]. The first-order chi connectivity index (χ1) is 8.02. The van der Waals surface area contributed by atoms with E-state index in [-0.39, 0.29) is 38.9 Å². The molecule has 1 radical (unpaired) electrons. The van der Waals surface area contributed by atoms with Gasteiger partial charge in [-0.1, -0.05) is 48.5 Å². The van der Waals surface area contributed by atoms with Gasteiger partial charge in [-0.2, -0.15) is 11.8 Å². The van der Waals surface area contributed by atoms with Crippen molar-refractivity contribution >= 4 is 6.21 Å². The third-order valence-corrected chi connectivity index (χ3v) is 2.16. The van der Waals surface area contributed by atoms with Crippen molar-refractivity contribution in [1.29, 1.82) is 0 Å². The summed E-state index contributed by atoms with van der Waals surface area (Å²) in [7, 11) is 0. The van der Waals surface area contributed by atoms with E-state index in [0.29, 0.717) is 12.0 Å². The van der Waals surface area contributed by atoms with Gasteiger partial charge in [-0.05, 0) is 19.8 Å². The van der Waals surface area contributed by atoms with Crippen LogP contribution in [0.25, 0.3) is 0 Å². The number of aliphatic imine (C=N–C) groups is 1. The van der Waals surface area contributed by atoms with Gasteiger partial charge in [0, 0.05) is 38.8 Å². The van der Waals surface area contributed by atoms with Crippen LogP contribution < -0.4 is 0 Å². The van der Waals surface area contributed by atoms with E-state index in [1.807, 2.05) is 40.8 Å². The molecule has 1 heterocycles. The summed E-state index contributed by atoms with van der Waals surface area (Å²) in [6, 6.07) is 0.472. The zero-order valence-electron chi connectivity index (χ0n) is 13.8. The fraction of sp³-hybridized carbons (Fsp3) is 0.800. The topological polar surface area (TPSA) is 15.6 Å². The van der Waals surface area contributed by atoms with Gasteiger partial charge >= 0.3 is 0 Å². The average Bonchev–Trinajstić information content (AvgIpc) is 2.33. The van der Waals surface area contributed by atoms with E-state index in [0.717, 1.165) is 5.57 Å². The van der Waals surface area contributed by atoms with Crippen LogP contribution in [0, 0.1) is 12.1 Å². The number of rotatable bonds is 2. The number of hydrogen-bond acceptors (Lipinski definition) is 2. The molecule has 0 aromatic rings. The summed E-state index contributed by atoms with van der Waals surface area (Å²) in [4.78, 5) is 6.72. The molecule has 18 heavy (non-hydrogen) atoms. The monoisotopic (exact) mass is 328 g/mol. The van der Waals surface area contributed by atoms with Gasteiger partial charge in [-0.15, -0.1) is 6.21 Å². The second kappa shape index (κ2) is 13.7. The smallest absolute Gasteiger partial charge is 0.0881 e. The normalized spacial score (nSPS) is 17.2. The van der Waals surface area contributed by atoms with Gasteiger partial charge in [0.15, 0.2) is 0 Å². The second-order valence-electron chi connectivity index (χ2n) is 4.23. The van der Waals surface area contributed by atoms with Crippen molar-refractivity contribution in [2.45, 2.75) is 74.5 Å². The predicted octanol–water partition coefficient (Wildman–Crippen LogP) is 4.52. The molecule has 0 N–H and O–H groups in total. The minimum absolute atomic E-state index is 0. The molecule has 0 fully saturated rings. The Bertz CT molecular complexity index is 233. The molecule has 1 unspecified atom stereocenters. The molecule has 1 aliphatic heterocycles. The van der Waals surface area contributed by atoms with Crippen LogP contribution in [-0.2, 0) is 32.7 Å². The van der Waals surface area contributed by atoms with Crippen molar-refractivity contribution in [3.8, 4) is 0 Å². The van der Waals surface area contributed by atoms with Crippen LogP contribution in [0.2, 0.25) is 0 Å². The summed E-state index contributed by atoms with van der Waals surface area (Å²) < 4.78 is 0. The molecule has 0 amide bonds. The second-order valence-corrected chi connectivity index (χ2v) is 4.23. The molecule has 1 atom stereocenters. The van der Waals surface area contributed by atoms with Gasteiger partial charge in [0.1, 0.15) is 0 Å². The predicted molar refractivity (Wildman–Crippen MR) is 79.2 cm³/mol. The van der Waals surface area contributed by atoms with E-state index < -0.39 is 0 Å². The Labute approximate surface area is 140 Å². The molecule has 105 valence electrons. The van der Waals surface area contributed by atoms with Gasteiger partial charge in [-0.3, -0.25) is 0 Å². The summed E-state index contributed by atoms with van der Waals surface area (Å²) in [6.45, 7) is 18.8. The summed E-state index contributed by atoms with van der Waals surface area (Å²) >= 11 is 0. The molecule has 0 aromatic heterocycles. The maximum Gasteiger partial charge on any atom is 0.0881 e. The largest absolute Gasteiger partial charge is 0.443 e. The van der Waals surface area contributed by atoms with Crippen molar-refractivity contribution in [2.75, 3.05) is 0 Å². The van der Waals surface area contributed by atoms with Crippen LogP contribution in [0.3, 0.4) is 0 Å². The summed E-state index contributed by atoms with van der Waals surface area (Å²) in [6.07, 6.45) is 5.54. The van der Waals surface area contributed by atoms with Gasteiger partial charge in [0.25, 0.3) is 0 Å². The number of allylic oxidation sites excluding steroid dienone is 1. The molecule has 0 spiro atoms. The van der Waals surface area contributed by atoms with E-state index in [2.05, 4.69) is 43.8 Å². The Kier molecular flexibility index (Phi) is 17.9. The van der Waals surface area contributed by atoms with Gasteiger partial charge in [0.2, 0.25) is 0 Å². The van der Waals surface area contributed by atoms with Crippen LogP contribution >= 0.6 is 0 Å². The quantitative estimate of drug-likeness (QED) is 0.681. The van der Waals surface area contributed by atoms with E-state index in [1.165, 1.54) is 0 Å². The first kappa shape index (κ1) is 23.4. The average molecular weight is 328 g/mol. The van der Waals surface area contributed by atoms with E-state index in [1.54, 1.807) is 0 Å². The number of hydrogen-bond donors (Lipinski definition) is 0. The Morgan fingerprint density at radius 2 is 1.56 bits per heavy atom. The Morgan fingerprint density at radius 3 is 1.89 bits per heavy atom. The first-order valence-electron chi connectivity index (χ1n) is 6.94. The Balaban J connectivity index is -0.000000409. The maximum atomic E-state index is 4.51. The minimum Gasteiger partial charge on any atom is -0.443 e. The third-order valence-electron chi connectivity index (χ3n) is 2.16. The van der Waals surface area contributed by atoms with Crippen molar-refractivity contribution in [1.82, 2.24) is 4.90 Å². The molecule has 0 bridgehead atoms. The van der Waals surface area contributed by atoms with E-state index in [4.69, 9.17) is 0 Å². The van der Waals surface area contributed by atoms with Gasteiger partial charge in [-0.25, -0.2) is 0 Å². The fourth-order valence-corrected chi connectivity index (χ4v) is 1.49. The van der Waals surface area contributed by atoms with Crippen molar-refractivity contribution in [3.05, 3.63) is 11.8 Å². The summed E-state index contributed by atoms with van der Waals surface area (Å²) in [5.74, 6) is 0.541. The molecule has 0 aliphatic carbocycles. The fourth-order valence-electron chi connectivity index (χ4n) is 1.49. The van der Waals surface area contributed by atoms with Crippen LogP contribution in [0.15, 0.2) is 10.6 Å². The molecule has 0 saturated carbocycles. The molecule has 1 aliphatic rings. The molecular weight excluding hydrogens is 297 g/mol. The van der Waals surface area contributed by atoms with Crippen LogP contribution in [-0.4, -0.2) is 23.3 Å². The van der Waals surface area contributed by atoms with Crippen molar-refractivity contribution < 1.29 is 32.7 Å². The van der Waals surface area contributed by atoms with Crippen LogP contribution in [0.4, 0.5) is 0 Å². The van der Waals surface area contributed by atoms with E-state index in [9.17, 15) is 0 Å². The zero-order valence-corrected chi connectivity index (χ0v) is 16.6. The Morgan fingerprint density at radius 1 is 1.11 bits per heavy atom.